The number of nitrogens with zero attached hydrogens (tertiary/aromatic N) is 5. The number of nitriles is 1. The minimum Gasteiger partial charge on any atom is -0.465 e. The molecule has 1 unspecified atom stereocenters. The van der Waals surface area contributed by atoms with Gasteiger partial charge < -0.3 is 15.1 Å². The van der Waals surface area contributed by atoms with Crippen LogP contribution in [0.1, 0.15) is 76.6 Å². The Morgan fingerprint density at radius 1 is 1.33 bits per heavy atom. The largest absolute Gasteiger partial charge is 0.465 e. The Kier molecular flexibility index (Phi) is 9.52. The van der Waals surface area contributed by atoms with E-state index in [1.807, 2.05) is 25.1 Å². The average molecular weight is 532 g/mol. The number of anilines is 2. The molecule has 8 nitrogen and oxygen atoms in total. The van der Waals surface area contributed by atoms with Gasteiger partial charge in [-0.1, -0.05) is 44.6 Å². The van der Waals surface area contributed by atoms with Crippen molar-refractivity contribution in [1.29, 1.82) is 5.26 Å². The van der Waals surface area contributed by atoms with E-state index in [1.54, 1.807) is 13.8 Å². The SMILES string of the molecule is C=C1CCC(CN(C(=O)O)c2cnc(C(C)(C)O)cn2)C[C@@]1(C)CN(/C=C/CCC)c1cc(C#N)ccc1C. The molecule has 8 heteroatoms. The summed E-state index contributed by atoms with van der Waals surface area (Å²) in [5, 5.41) is 29.7. The standard InChI is InChI=1S/C31H41N5O3/c1-7-8-9-14-35(26-15-24(17-32)12-10-22(26)2)21-31(6)16-25(13-11-23(31)3)20-36(29(37)38)28-19-33-27(18-34-28)30(4,5)39/h9-10,12,14-15,18-19,25,39H,3,7-8,11,13,16,20-21H2,1-2,4-6H3,(H,37,38)/b14-9+/t25?,31-/m0/s1. The zero-order valence-electron chi connectivity index (χ0n) is 23.8. The fourth-order valence-corrected chi connectivity index (χ4v) is 5.15. The molecule has 208 valence electrons. The molecule has 1 fully saturated rings. The highest BCUT2D eigenvalue weighted by Gasteiger charge is 2.38. The number of unbranched alkanes of at least 4 members (excludes halogenated alkanes) is 1. The molecule has 0 saturated heterocycles. The molecule has 3 rings (SSSR count). The number of hydrogen-bond donors (Lipinski definition) is 2. The molecule has 1 aliphatic rings. The molecule has 2 N–H and O–H groups in total. The minimum absolute atomic E-state index is 0.0976. The van der Waals surface area contributed by atoms with Crippen molar-refractivity contribution in [3.63, 3.8) is 0 Å². The number of rotatable bonds is 10. The van der Waals surface area contributed by atoms with Gasteiger partial charge in [-0.3, -0.25) is 9.88 Å². The Hall–Kier alpha value is -3.70. The number of amides is 1. The highest BCUT2D eigenvalue weighted by Crippen LogP contribution is 2.44. The number of carboxylic acid groups (broad SMARTS) is 1. The van der Waals surface area contributed by atoms with Crippen LogP contribution in [-0.4, -0.2) is 39.4 Å². The summed E-state index contributed by atoms with van der Waals surface area (Å²) in [6.45, 7) is 15.0. The van der Waals surface area contributed by atoms with Crippen LogP contribution in [-0.2, 0) is 5.60 Å². The zero-order valence-corrected chi connectivity index (χ0v) is 23.8. The number of aryl methyl sites for hydroxylation is 1. The van der Waals surface area contributed by atoms with Crippen molar-refractivity contribution in [1.82, 2.24) is 9.97 Å². The first-order valence-electron chi connectivity index (χ1n) is 13.6. The summed E-state index contributed by atoms with van der Waals surface area (Å²) in [5.74, 6) is 0.343. The highest BCUT2D eigenvalue weighted by atomic mass is 16.4. The third-order valence-electron chi connectivity index (χ3n) is 7.57. The van der Waals surface area contributed by atoms with E-state index in [-0.39, 0.29) is 17.2 Å². The fourth-order valence-electron chi connectivity index (χ4n) is 5.15. The summed E-state index contributed by atoms with van der Waals surface area (Å²) in [7, 11) is 0. The van der Waals surface area contributed by atoms with Gasteiger partial charge in [-0.2, -0.15) is 5.26 Å². The second-order valence-electron chi connectivity index (χ2n) is 11.4. The molecular weight excluding hydrogens is 490 g/mol. The lowest BCUT2D eigenvalue weighted by Crippen LogP contribution is -2.43. The van der Waals surface area contributed by atoms with Gasteiger partial charge in [0.2, 0.25) is 0 Å². The van der Waals surface area contributed by atoms with Crippen molar-refractivity contribution in [3.05, 3.63) is 71.8 Å². The maximum Gasteiger partial charge on any atom is 0.413 e. The quantitative estimate of drug-likeness (QED) is 0.334. The third-order valence-corrected chi connectivity index (χ3v) is 7.57. The van der Waals surface area contributed by atoms with Gasteiger partial charge in [-0.15, -0.1) is 0 Å². The second kappa shape index (κ2) is 12.4. The Labute approximate surface area is 232 Å². The van der Waals surface area contributed by atoms with Crippen LogP contribution in [0.25, 0.3) is 0 Å². The van der Waals surface area contributed by atoms with E-state index in [0.29, 0.717) is 24.3 Å². The van der Waals surface area contributed by atoms with E-state index in [2.05, 4.69) is 53.6 Å². The van der Waals surface area contributed by atoms with Crippen molar-refractivity contribution in [2.75, 3.05) is 22.9 Å². The van der Waals surface area contributed by atoms with Crippen LogP contribution in [0, 0.1) is 29.6 Å². The van der Waals surface area contributed by atoms with Crippen molar-refractivity contribution in [2.45, 2.75) is 72.3 Å². The van der Waals surface area contributed by atoms with E-state index in [4.69, 9.17) is 0 Å². The Balaban J connectivity index is 1.86. The van der Waals surface area contributed by atoms with Gasteiger partial charge in [-0.05, 0) is 70.1 Å². The van der Waals surface area contributed by atoms with Crippen LogP contribution < -0.4 is 9.80 Å². The molecule has 0 aliphatic heterocycles. The lowest BCUT2D eigenvalue weighted by molar-refractivity contribution is 0.0734. The third kappa shape index (κ3) is 7.45. The highest BCUT2D eigenvalue weighted by molar-refractivity contribution is 5.84. The molecule has 1 heterocycles. The molecule has 1 aromatic heterocycles. The lowest BCUT2D eigenvalue weighted by atomic mass is 9.67. The van der Waals surface area contributed by atoms with Crippen molar-refractivity contribution in [2.24, 2.45) is 11.3 Å². The first-order valence-corrected chi connectivity index (χ1v) is 13.6. The normalized spacial score (nSPS) is 19.6. The number of aromatic nitrogens is 2. The topological polar surface area (TPSA) is 114 Å². The monoisotopic (exact) mass is 531 g/mol. The van der Waals surface area contributed by atoms with Crippen molar-refractivity contribution < 1.29 is 15.0 Å². The molecule has 1 aliphatic carbocycles. The number of carbonyl (C=O) groups is 1. The van der Waals surface area contributed by atoms with E-state index < -0.39 is 11.7 Å². The summed E-state index contributed by atoms with van der Waals surface area (Å²) >= 11 is 0. The molecule has 39 heavy (non-hydrogen) atoms. The van der Waals surface area contributed by atoms with Crippen molar-refractivity contribution >= 4 is 17.6 Å². The van der Waals surface area contributed by atoms with Gasteiger partial charge in [-0.25, -0.2) is 9.78 Å². The summed E-state index contributed by atoms with van der Waals surface area (Å²) in [4.78, 5) is 24.3. The molecule has 1 aromatic carbocycles. The average Bonchev–Trinajstić information content (AvgIpc) is 2.88. The minimum atomic E-state index is -1.16. The summed E-state index contributed by atoms with van der Waals surface area (Å²) < 4.78 is 0. The summed E-state index contributed by atoms with van der Waals surface area (Å²) in [6.07, 6.45) is 10.4. The molecule has 0 radical (unpaired) electrons. The lowest BCUT2D eigenvalue weighted by Gasteiger charge is -2.44. The summed E-state index contributed by atoms with van der Waals surface area (Å²) in [5.41, 5.74) is 2.80. The predicted octanol–water partition coefficient (Wildman–Crippen LogP) is 6.55. The number of aliphatic hydroxyl groups is 1. The number of benzene rings is 1. The molecule has 1 amide bonds. The fraction of sp³-hybridized carbons (Fsp3) is 0.484. The van der Waals surface area contributed by atoms with Gasteiger partial charge >= 0.3 is 6.09 Å². The van der Waals surface area contributed by atoms with Gasteiger partial charge in [0.25, 0.3) is 0 Å². The smallest absolute Gasteiger partial charge is 0.413 e. The molecule has 0 spiro atoms. The van der Waals surface area contributed by atoms with Crippen LogP contribution in [0.3, 0.4) is 0 Å². The second-order valence-corrected chi connectivity index (χ2v) is 11.4. The van der Waals surface area contributed by atoms with Gasteiger partial charge in [0.15, 0.2) is 5.82 Å². The first-order chi connectivity index (χ1) is 18.4. The Morgan fingerprint density at radius 3 is 2.67 bits per heavy atom. The number of allylic oxidation sites excluding steroid dienone is 1. The Morgan fingerprint density at radius 2 is 2.08 bits per heavy atom. The van der Waals surface area contributed by atoms with Gasteiger partial charge in [0.1, 0.15) is 5.60 Å². The van der Waals surface area contributed by atoms with Gasteiger partial charge in [0, 0.05) is 30.4 Å². The first kappa shape index (κ1) is 29.9. The zero-order chi connectivity index (χ0) is 28.8. The van der Waals surface area contributed by atoms with Crippen LogP contribution in [0.2, 0.25) is 0 Å². The predicted molar refractivity (Wildman–Crippen MR) is 155 cm³/mol. The van der Waals surface area contributed by atoms with Crippen LogP contribution in [0.15, 0.2) is 55.0 Å². The van der Waals surface area contributed by atoms with Crippen LogP contribution in [0.5, 0.6) is 0 Å². The van der Waals surface area contributed by atoms with E-state index in [0.717, 1.165) is 48.9 Å². The molecule has 2 atom stereocenters. The van der Waals surface area contributed by atoms with Crippen LogP contribution in [0.4, 0.5) is 16.3 Å². The van der Waals surface area contributed by atoms with E-state index in [1.165, 1.54) is 17.3 Å². The van der Waals surface area contributed by atoms with Crippen LogP contribution >= 0.6 is 0 Å². The summed E-state index contributed by atoms with van der Waals surface area (Å²) in [6, 6.07) is 7.99. The Bertz CT molecular complexity index is 1240. The number of hydrogen-bond acceptors (Lipinski definition) is 6. The molecule has 1 saturated carbocycles. The maximum atomic E-state index is 12.2. The van der Waals surface area contributed by atoms with E-state index in [9.17, 15) is 20.3 Å². The molecule has 2 aromatic rings. The van der Waals surface area contributed by atoms with Crippen molar-refractivity contribution in [3.8, 4) is 6.07 Å². The van der Waals surface area contributed by atoms with E-state index >= 15 is 0 Å². The van der Waals surface area contributed by atoms with Gasteiger partial charge in [0.05, 0.1) is 29.7 Å². The molecular formula is C31H41N5O3. The maximum absolute atomic E-state index is 12.2. The molecule has 0 bridgehead atoms.